The molecule has 0 N–H and O–H groups in total. The van der Waals surface area contributed by atoms with Gasteiger partial charge in [-0.1, -0.05) is 0 Å². The van der Waals surface area contributed by atoms with Crippen LogP contribution in [0.25, 0.3) is 33.7 Å². The van der Waals surface area contributed by atoms with Crippen LogP contribution in [-0.4, -0.2) is 6.19 Å². The van der Waals surface area contributed by atoms with E-state index in [1.165, 1.54) is 32.7 Å². The van der Waals surface area contributed by atoms with Crippen molar-refractivity contribution in [2.45, 2.75) is 21.5 Å². The van der Waals surface area contributed by atoms with E-state index in [-0.39, 0.29) is 31.0 Å². The van der Waals surface area contributed by atoms with Crippen LogP contribution in [0, 0.1) is 0 Å². The van der Waals surface area contributed by atoms with Crippen LogP contribution >= 0.6 is 24.8 Å². The Balaban J connectivity index is 0.00000122. The smallest absolute Gasteiger partial charge is 0.147 e. The van der Waals surface area contributed by atoms with Crippen LogP contribution in [0.3, 0.4) is 0 Å². The number of benzene rings is 4. The molecule has 0 radical (unpaired) electrons. The number of hydrogen-bond donors (Lipinski definition) is 0. The molecule has 2 aliphatic rings. The van der Waals surface area contributed by atoms with Gasteiger partial charge in [0, 0.05) is 0 Å². The first-order valence-corrected chi connectivity index (χ1v) is 17.4. The van der Waals surface area contributed by atoms with Crippen LogP contribution in [0.15, 0.2) is 84.9 Å². The summed E-state index contributed by atoms with van der Waals surface area (Å²) in [5, 5.41) is 5.56. The predicted octanol–water partition coefficient (Wildman–Crippen LogP) is 8.54. The zero-order valence-corrected chi connectivity index (χ0v) is 22.4. The molecule has 32 heavy (non-hydrogen) atoms. The van der Waals surface area contributed by atoms with E-state index in [9.17, 15) is 0 Å². The summed E-state index contributed by atoms with van der Waals surface area (Å²) in [6, 6.07) is 27.3. The van der Waals surface area contributed by atoms with Crippen molar-refractivity contribution < 1.29 is 16.6 Å². The van der Waals surface area contributed by atoms with Gasteiger partial charge in [0.1, 0.15) is 0 Å². The molecule has 6 rings (SSSR count). The fourth-order valence-corrected chi connectivity index (χ4v) is 18.0. The second-order valence-corrected chi connectivity index (χ2v) is 21.1. The fraction of sp³-hybridized carbons (Fsp3) is 0.143. The number of allylic oxidation sites excluding steroid dienone is 2. The van der Waals surface area contributed by atoms with Crippen molar-refractivity contribution in [2.75, 3.05) is 0 Å². The third kappa shape index (κ3) is 3.65. The van der Waals surface area contributed by atoms with E-state index in [2.05, 4.69) is 110 Å². The summed E-state index contributed by atoms with van der Waals surface area (Å²) >= 11 is -1.47. The first-order valence-electron chi connectivity index (χ1n) is 10.8. The Morgan fingerprint density at radius 3 is 1.47 bits per heavy atom. The van der Waals surface area contributed by atoms with Crippen molar-refractivity contribution >= 4 is 64.7 Å². The second-order valence-electron chi connectivity index (χ2n) is 8.71. The number of hydrogen-bond acceptors (Lipinski definition) is 0. The maximum Gasteiger partial charge on any atom is -0.147 e. The van der Waals surface area contributed by atoms with Crippen molar-refractivity contribution in [1.29, 1.82) is 0 Å². The summed E-state index contributed by atoms with van der Waals surface area (Å²) < 4.78 is 1.33. The minimum atomic E-state index is -1.47. The van der Waals surface area contributed by atoms with Gasteiger partial charge in [0.25, 0.3) is 0 Å². The van der Waals surface area contributed by atoms with Crippen molar-refractivity contribution in [3.8, 4) is 0 Å². The van der Waals surface area contributed by atoms with Crippen LogP contribution in [0.1, 0.15) is 30.7 Å². The van der Waals surface area contributed by atoms with Crippen LogP contribution in [-0.2, 0) is 16.6 Å². The monoisotopic (exact) mass is 508 g/mol. The number of fused-ring (bicyclic) bond motifs is 6. The molecule has 0 aliphatic heterocycles. The Morgan fingerprint density at radius 1 is 0.594 bits per heavy atom. The van der Waals surface area contributed by atoms with Gasteiger partial charge < -0.3 is 0 Å². The average molecular weight is 509 g/mol. The van der Waals surface area contributed by atoms with Gasteiger partial charge in [-0.15, -0.1) is 24.8 Å². The Morgan fingerprint density at radius 2 is 1.03 bits per heavy atom. The Bertz CT molecular complexity index is 1330. The van der Waals surface area contributed by atoms with E-state index in [0.717, 1.165) is 0 Å². The Kier molecular flexibility index (Phi) is 6.87. The maximum absolute atomic E-state index is 2.57. The Hall–Kier alpha value is -1.61. The summed E-state index contributed by atoms with van der Waals surface area (Å²) in [4.78, 5) is 0. The summed E-state index contributed by atoms with van der Waals surface area (Å²) in [5.41, 5.74) is 6.15. The predicted molar refractivity (Wildman–Crippen MR) is 143 cm³/mol. The van der Waals surface area contributed by atoms with Crippen LogP contribution in [0.4, 0.5) is 0 Å². The van der Waals surface area contributed by atoms with E-state index in [0.29, 0.717) is 8.45 Å². The topological polar surface area (TPSA) is 0 Å². The molecule has 0 spiro atoms. The zero-order chi connectivity index (χ0) is 20.2. The molecule has 0 fully saturated rings. The van der Waals surface area contributed by atoms with Gasteiger partial charge >= 0.3 is 185 Å². The number of halogens is 2. The van der Waals surface area contributed by atoms with Crippen LogP contribution in [0.2, 0.25) is 13.1 Å². The molecule has 4 heteroatoms. The molecule has 0 nitrogen and oxygen atoms in total. The van der Waals surface area contributed by atoms with E-state index in [1.807, 2.05) is 0 Å². The average Bonchev–Trinajstić information content (AvgIpc) is 3.39. The van der Waals surface area contributed by atoms with Crippen LogP contribution in [0.5, 0.6) is 0 Å². The van der Waals surface area contributed by atoms with Gasteiger partial charge in [0.05, 0.1) is 0 Å². The van der Waals surface area contributed by atoms with Gasteiger partial charge in [-0.3, -0.25) is 0 Å². The normalized spacial score (nSPS) is 17.6. The summed E-state index contributed by atoms with van der Waals surface area (Å²) in [6.45, 7) is 5.14. The molecular weight excluding hydrogens is 483 g/mol. The zero-order valence-electron chi connectivity index (χ0n) is 18.2. The summed E-state index contributed by atoms with van der Waals surface area (Å²) in [7, 11) is 0. The second kappa shape index (κ2) is 9.33. The molecule has 4 aromatic carbocycles. The number of rotatable bonds is 2. The third-order valence-electron chi connectivity index (χ3n) is 6.84. The minimum Gasteiger partial charge on any atom is -0.147 e. The van der Waals surface area contributed by atoms with Crippen molar-refractivity contribution in [1.82, 2.24) is 0 Å². The van der Waals surface area contributed by atoms with E-state index in [1.54, 1.807) is 11.1 Å². The van der Waals surface area contributed by atoms with Gasteiger partial charge in [-0.2, -0.15) is 0 Å². The van der Waals surface area contributed by atoms with E-state index in [4.69, 9.17) is 0 Å². The Labute approximate surface area is 208 Å². The summed E-state index contributed by atoms with van der Waals surface area (Å²) in [5.74, 6) is 0. The van der Waals surface area contributed by atoms with Crippen molar-refractivity contribution in [3.05, 3.63) is 107 Å². The first-order chi connectivity index (χ1) is 14.7. The van der Waals surface area contributed by atoms with Gasteiger partial charge in [-0.05, 0) is 0 Å². The standard InChI is InChI=1S/2C13H9.C2H6Si.2ClH.Ti/c2*1-2-6-12-10(4-1)8-9-11-5-3-7-13(11)12;1-3-2;;;/h2*1-9H;1-2H3;2*1H;. The molecule has 0 saturated carbocycles. The summed E-state index contributed by atoms with van der Waals surface area (Å²) in [6.07, 6.45) is 9.63. The maximum atomic E-state index is 2.57. The van der Waals surface area contributed by atoms with Gasteiger partial charge in [0.2, 0.25) is 0 Å². The molecule has 2 unspecified atom stereocenters. The first kappa shape index (κ1) is 23.5. The van der Waals surface area contributed by atoms with Crippen molar-refractivity contribution in [3.63, 3.8) is 0 Å². The van der Waals surface area contributed by atoms with Crippen LogP contribution < -0.4 is 0 Å². The van der Waals surface area contributed by atoms with Gasteiger partial charge in [0.15, 0.2) is 0 Å². The molecule has 4 aromatic rings. The molecule has 2 atom stereocenters. The van der Waals surface area contributed by atoms with Gasteiger partial charge in [-0.25, -0.2) is 0 Å². The van der Waals surface area contributed by atoms with Crippen molar-refractivity contribution in [2.24, 2.45) is 0 Å². The SMILES string of the molecule is C[Si](C)=[Ti]([CH]1C=Cc2c1ccc1ccccc21)[CH]1C=Cc2c1ccc1ccccc21.Cl.Cl. The quantitative estimate of drug-likeness (QED) is 0.238. The molecular formula is C28H26Cl2SiTi. The molecule has 0 amide bonds. The molecule has 0 saturated heterocycles. The third-order valence-corrected chi connectivity index (χ3v) is 19.6. The minimum absolute atomic E-state index is 0. The molecule has 0 bridgehead atoms. The van der Waals surface area contributed by atoms with E-state index >= 15 is 0 Å². The molecule has 2 aliphatic carbocycles. The fourth-order valence-electron chi connectivity index (χ4n) is 5.49. The molecule has 0 heterocycles. The van der Waals surface area contributed by atoms with E-state index < -0.39 is 16.6 Å². The molecule has 160 valence electrons. The largest absolute Gasteiger partial charge is 0.147 e. The molecule has 0 aromatic heterocycles.